The average Bonchev–Trinajstić information content (AvgIpc) is 2.39. The predicted octanol–water partition coefficient (Wildman–Crippen LogP) is 2.75. The van der Waals surface area contributed by atoms with Crippen LogP contribution in [-0.2, 0) is 0 Å². The summed E-state index contributed by atoms with van der Waals surface area (Å²) in [4.78, 5) is 7.04. The number of hydrogen-bond acceptors (Lipinski definition) is 3. The van der Waals surface area contributed by atoms with Crippen LogP contribution in [0.15, 0.2) is 18.3 Å². The first-order chi connectivity index (χ1) is 8.72. The lowest BCUT2D eigenvalue weighted by Crippen LogP contribution is -2.51. The van der Waals surface area contributed by atoms with Crippen molar-refractivity contribution in [2.24, 2.45) is 0 Å². The Labute approximate surface area is 111 Å². The monoisotopic (exact) mass is 247 g/mol. The first kappa shape index (κ1) is 13.3. The van der Waals surface area contributed by atoms with E-state index in [1.165, 1.54) is 24.8 Å². The number of hydrogen-bond donors (Lipinski definition) is 1. The van der Waals surface area contributed by atoms with Gasteiger partial charge >= 0.3 is 0 Å². The summed E-state index contributed by atoms with van der Waals surface area (Å²) >= 11 is 0. The number of likely N-dealkylation sites (N-methyl/N-ethyl adjacent to an activating group) is 1. The van der Waals surface area contributed by atoms with E-state index in [9.17, 15) is 0 Å². The second-order valence-electron chi connectivity index (χ2n) is 5.29. The molecule has 1 aliphatic heterocycles. The average molecular weight is 247 g/mol. The maximum atomic E-state index is 4.55. The lowest BCUT2D eigenvalue weighted by Gasteiger charge is -2.40. The lowest BCUT2D eigenvalue weighted by molar-refractivity contribution is 0.370. The molecule has 0 amide bonds. The number of nitrogens with one attached hydrogen (secondary N) is 1. The van der Waals surface area contributed by atoms with Crippen LogP contribution in [0.5, 0.6) is 0 Å². The Kier molecular flexibility index (Phi) is 4.59. The number of aryl methyl sites for hydroxylation is 1. The molecule has 0 aliphatic carbocycles. The van der Waals surface area contributed by atoms with Crippen molar-refractivity contribution in [3.8, 4) is 0 Å². The molecule has 0 bridgehead atoms. The third-order valence-corrected chi connectivity index (χ3v) is 3.85. The Hall–Kier alpha value is -1.09. The minimum absolute atomic E-state index is 0.526. The molecule has 2 heterocycles. The van der Waals surface area contributed by atoms with Gasteiger partial charge in [-0.05, 0) is 57.4 Å². The summed E-state index contributed by atoms with van der Waals surface area (Å²) in [6.07, 6.45) is 5.81. The molecule has 1 aromatic rings. The highest BCUT2D eigenvalue weighted by Gasteiger charge is 2.27. The molecule has 2 atom stereocenters. The highest BCUT2D eigenvalue weighted by molar-refractivity contribution is 5.42. The molecular formula is C15H25N3. The minimum Gasteiger partial charge on any atom is -0.352 e. The Morgan fingerprint density at radius 3 is 3.06 bits per heavy atom. The molecular weight excluding hydrogens is 222 g/mol. The zero-order chi connectivity index (χ0) is 13.0. The molecule has 0 spiro atoms. The van der Waals surface area contributed by atoms with E-state index >= 15 is 0 Å². The van der Waals surface area contributed by atoms with Crippen LogP contribution < -0.4 is 10.2 Å². The van der Waals surface area contributed by atoms with E-state index in [-0.39, 0.29) is 0 Å². The van der Waals surface area contributed by atoms with E-state index in [2.05, 4.69) is 48.1 Å². The van der Waals surface area contributed by atoms with E-state index in [1.807, 2.05) is 6.20 Å². The van der Waals surface area contributed by atoms with Crippen molar-refractivity contribution >= 4 is 5.82 Å². The van der Waals surface area contributed by atoms with Gasteiger partial charge in [0.25, 0.3) is 0 Å². The summed E-state index contributed by atoms with van der Waals surface area (Å²) in [6.45, 7) is 8.78. The van der Waals surface area contributed by atoms with Gasteiger partial charge in [-0.2, -0.15) is 0 Å². The molecule has 1 aliphatic rings. The van der Waals surface area contributed by atoms with Gasteiger partial charge in [0.05, 0.1) is 0 Å². The van der Waals surface area contributed by atoms with Gasteiger partial charge in [-0.3, -0.25) is 0 Å². The number of nitrogens with zero attached hydrogens (tertiary/aromatic N) is 2. The van der Waals surface area contributed by atoms with Gasteiger partial charge in [-0.15, -0.1) is 0 Å². The van der Waals surface area contributed by atoms with Gasteiger partial charge in [0, 0.05) is 24.8 Å². The SMILES string of the molecule is CCNC(C)C1CCCCN1c1cc(C)ccn1. The molecule has 18 heavy (non-hydrogen) atoms. The number of rotatable bonds is 4. The molecule has 3 nitrogen and oxygen atoms in total. The van der Waals surface area contributed by atoms with E-state index in [4.69, 9.17) is 0 Å². The summed E-state index contributed by atoms with van der Waals surface area (Å²) in [5, 5.41) is 3.56. The van der Waals surface area contributed by atoms with Crippen LogP contribution in [0.3, 0.4) is 0 Å². The minimum atomic E-state index is 0.526. The van der Waals surface area contributed by atoms with Crippen LogP contribution in [0.2, 0.25) is 0 Å². The van der Waals surface area contributed by atoms with Crippen molar-refractivity contribution in [3.63, 3.8) is 0 Å². The van der Waals surface area contributed by atoms with Gasteiger partial charge < -0.3 is 10.2 Å². The van der Waals surface area contributed by atoms with E-state index in [1.54, 1.807) is 0 Å². The zero-order valence-electron chi connectivity index (χ0n) is 11.8. The van der Waals surface area contributed by atoms with E-state index < -0.39 is 0 Å². The van der Waals surface area contributed by atoms with Gasteiger partial charge in [-0.25, -0.2) is 4.98 Å². The largest absolute Gasteiger partial charge is 0.352 e. The van der Waals surface area contributed by atoms with Crippen LogP contribution in [0, 0.1) is 6.92 Å². The maximum Gasteiger partial charge on any atom is 0.129 e. The molecule has 0 aromatic carbocycles. The number of anilines is 1. The highest BCUT2D eigenvalue weighted by Crippen LogP contribution is 2.25. The van der Waals surface area contributed by atoms with Crippen molar-refractivity contribution in [2.45, 2.75) is 52.1 Å². The van der Waals surface area contributed by atoms with Crippen molar-refractivity contribution < 1.29 is 0 Å². The maximum absolute atomic E-state index is 4.55. The molecule has 3 heteroatoms. The van der Waals surface area contributed by atoms with Gasteiger partial charge in [-0.1, -0.05) is 6.92 Å². The summed E-state index contributed by atoms with van der Waals surface area (Å²) in [5.74, 6) is 1.14. The predicted molar refractivity (Wildman–Crippen MR) is 77.1 cm³/mol. The molecule has 1 N–H and O–H groups in total. The number of piperidine rings is 1. The molecule has 1 fully saturated rings. The van der Waals surface area contributed by atoms with Crippen LogP contribution in [0.4, 0.5) is 5.82 Å². The first-order valence-corrected chi connectivity index (χ1v) is 7.15. The molecule has 1 aromatic heterocycles. The third kappa shape index (κ3) is 3.02. The van der Waals surface area contributed by atoms with Crippen LogP contribution in [0.1, 0.15) is 38.7 Å². The fourth-order valence-corrected chi connectivity index (χ4v) is 2.90. The molecule has 100 valence electrons. The topological polar surface area (TPSA) is 28.2 Å². The summed E-state index contributed by atoms with van der Waals surface area (Å²) in [7, 11) is 0. The molecule has 0 radical (unpaired) electrons. The Morgan fingerprint density at radius 1 is 1.50 bits per heavy atom. The lowest BCUT2D eigenvalue weighted by atomic mass is 9.96. The Bertz CT molecular complexity index is 378. The zero-order valence-corrected chi connectivity index (χ0v) is 11.8. The Morgan fingerprint density at radius 2 is 2.33 bits per heavy atom. The first-order valence-electron chi connectivity index (χ1n) is 7.15. The van der Waals surface area contributed by atoms with Crippen molar-refractivity contribution in [1.82, 2.24) is 10.3 Å². The smallest absolute Gasteiger partial charge is 0.129 e. The van der Waals surface area contributed by atoms with Crippen LogP contribution in [0.25, 0.3) is 0 Å². The van der Waals surface area contributed by atoms with Crippen LogP contribution in [-0.4, -0.2) is 30.2 Å². The van der Waals surface area contributed by atoms with Gasteiger partial charge in [0.2, 0.25) is 0 Å². The van der Waals surface area contributed by atoms with Gasteiger partial charge in [0.1, 0.15) is 5.82 Å². The highest BCUT2D eigenvalue weighted by atomic mass is 15.2. The molecule has 2 rings (SSSR count). The van der Waals surface area contributed by atoms with Gasteiger partial charge in [0.15, 0.2) is 0 Å². The Balaban J connectivity index is 2.17. The van der Waals surface area contributed by atoms with E-state index in [0.717, 1.165) is 18.9 Å². The molecule has 2 unspecified atom stereocenters. The second-order valence-corrected chi connectivity index (χ2v) is 5.29. The standard InChI is InChI=1S/C15H25N3/c1-4-16-13(3)14-7-5-6-10-18(14)15-11-12(2)8-9-17-15/h8-9,11,13-14,16H,4-7,10H2,1-3H3. The van der Waals surface area contributed by atoms with E-state index in [0.29, 0.717) is 12.1 Å². The summed E-state index contributed by atoms with van der Waals surface area (Å²) < 4.78 is 0. The van der Waals surface area contributed by atoms with Crippen molar-refractivity contribution in [1.29, 1.82) is 0 Å². The summed E-state index contributed by atoms with van der Waals surface area (Å²) in [5.41, 5.74) is 1.29. The number of pyridine rings is 1. The fraction of sp³-hybridized carbons (Fsp3) is 0.667. The summed E-state index contributed by atoms with van der Waals surface area (Å²) in [6, 6.07) is 5.37. The fourth-order valence-electron chi connectivity index (χ4n) is 2.90. The molecule has 1 saturated heterocycles. The van der Waals surface area contributed by atoms with Crippen molar-refractivity contribution in [2.75, 3.05) is 18.0 Å². The third-order valence-electron chi connectivity index (χ3n) is 3.85. The van der Waals surface area contributed by atoms with Crippen molar-refractivity contribution in [3.05, 3.63) is 23.9 Å². The van der Waals surface area contributed by atoms with Crippen LogP contribution >= 0.6 is 0 Å². The quantitative estimate of drug-likeness (QED) is 0.886. The number of aromatic nitrogens is 1. The molecule has 0 saturated carbocycles. The normalized spacial score (nSPS) is 21.9. The second kappa shape index (κ2) is 6.19.